The van der Waals surface area contributed by atoms with Gasteiger partial charge in [0.05, 0.1) is 17.5 Å². The van der Waals surface area contributed by atoms with E-state index in [2.05, 4.69) is 12.1 Å². The minimum atomic E-state index is -0.175. The van der Waals surface area contributed by atoms with Crippen LogP contribution in [0.3, 0.4) is 0 Å². The highest BCUT2D eigenvalue weighted by molar-refractivity contribution is 6.22. The molecule has 2 fully saturated rings. The zero-order valence-electron chi connectivity index (χ0n) is 14.7. The Kier molecular flexibility index (Phi) is 3.95. The number of fused-ring (bicyclic) bond motifs is 1. The van der Waals surface area contributed by atoms with Crippen LogP contribution in [0, 0.1) is 25.7 Å². The molecule has 0 radical (unpaired) electrons. The van der Waals surface area contributed by atoms with Crippen LogP contribution < -0.4 is 4.90 Å². The molecule has 0 spiro atoms. The van der Waals surface area contributed by atoms with Crippen molar-refractivity contribution in [2.45, 2.75) is 39.0 Å². The van der Waals surface area contributed by atoms with E-state index in [4.69, 9.17) is 0 Å². The van der Waals surface area contributed by atoms with E-state index in [-0.39, 0.29) is 23.7 Å². The third-order valence-electron chi connectivity index (χ3n) is 5.86. The second-order valence-electron chi connectivity index (χ2n) is 7.39. The van der Waals surface area contributed by atoms with Crippen LogP contribution in [-0.4, -0.2) is 11.8 Å². The third-order valence-corrected chi connectivity index (χ3v) is 5.86. The lowest BCUT2D eigenvalue weighted by atomic mass is 9.73. The zero-order valence-corrected chi connectivity index (χ0v) is 14.7. The van der Waals surface area contributed by atoms with Gasteiger partial charge in [0.15, 0.2) is 0 Å². The third kappa shape index (κ3) is 2.58. The summed E-state index contributed by atoms with van der Waals surface area (Å²) < 4.78 is 0. The lowest BCUT2D eigenvalue weighted by Crippen LogP contribution is -2.32. The largest absolute Gasteiger partial charge is 0.274 e. The summed E-state index contributed by atoms with van der Waals surface area (Å²) in [6.07, 6.45) is 2.56. The summed E-state index contributed by atoms with van der Waals surface area (Å²) in [5.41, 5.74) is 4.05. The molecule has 4 rings (SSSR count). The molecule has 2 aromatic rings. The van der Waals surface area contributed by atoms with E-state index in [0.717, 1.165) is 36.1 Å². The molecule has 0 unspecified atom stereocenters. The average Bonchev–Trinajstić information content (AvgIpc) is 2.87. The van der Waals surface area contributed by atoms with Crippen LogP contribution in [0.15, 0.2) is 48.5 Å². The lowest BCUT2D eigenvalue weighted by Gasteiger charge is -2.28. The van der Waals surface area contributed by atoms with Gasteiger partial charge in [0.25, 0.3) is 0 Å². The molecule has 1 saturated heterocycles. The average molecular weight is 333 g/mol. The van der Waals surface area contributed by atoms with Crippen LogP contribution in [-0.2, 0) is 9.59 Å². The van der Waals surface area contributed by atoms with Crippen molar-refractivity contribution in [1.29, 1.82) is 0 Å². The summed E-state index contributed by atoms with van der Waals surface area (Å²) in [5, 5.41) is 0. The number of aryl methyl sites for hydroxylation is 2. The monoisotopic (exact) mass is 333 g/mol. The van der Waals surface area contributed by atoms with Gasteiger partial charge in [0.2, 0.25) is 11.8 Å². The first-order chi connectivity index (χ1) is 12.1. The summed E-state index contributed by atoms with van der Waals surface area (Å²) in [4.78, 5) is 27.6. The van der Waals surface area contributed by atoms with Crippen molar-refractivity contribution in [2.24, 2.45) is 11.8 Å². The lowest BCUT2D eigenvalue weighted by molar-refractivity contribution is -0.122. The van der Waals surface area contributed by atoms with Gasteiger partial charge in [-0.1, -0.05) is 48.5 Å². The maximum absolute atomic E-state index is 13.1. The molecular weight excluding hydrogens is 310 g/mol. The number of benzene rings is 2. The molecule has 25 heavy (non-hydrogen) atoms. The fourth-order valence-electron chi connectivity index (χ4n) is 4.59. The van der Waals surface area contributed by atoms with Crippen molar-refractivity contribution in [2.75, 3.05) is 4.90 Å². The fraction of sp³-hybridized carbons (Fsp3) is 0.364. The van der Waals surface area contributed by atoms with Gasteiger partial charge in [-0.15, -0.1) is 0 Å². The van der Waals surface area contributed by atoms with Crippen molar-refractivity contribution >= 4 is 17.5 Å². The van der Waals surface area contributed by atoms with E-state index < -0.39 is 0 Å². The predicted molar refractivity (Wildman–Crippen MR) is 98.4 cm³/mol. The summed E-state index contributed by atoms with van der Waals surface area (Å²) in [7, 11) is 0. The number of hydrogen-bond acceptors (Lipinski definition) is 2. The standard InChI is InChI=1S/C22H23NO2/c1-14-7-6-8-15(2)20(14)23-21(24)18-12-11-17(13-19(18)22(23)25)16-9-4-3-5-10-16/h3-10,17-19H,11-13H2,1-2H3/t17-,18-,19+/m1/s1. The maximum Gasteiger partial charge on any atom is 0.237 e. The molecule has 3 heteroatoms. The fourth-order valence-corrected chi connectivity index (χ4v) is 4.59. The number of anilines is 1. The summed E-state index contributed by atoms with van der Waals surface area (Å²) in [5.74, 6) is 0.0426. The summed E-state index contributed by atoms with van der Waals surface area (Å²) >= 11 is 0. The van der Waals surface area contributed by atoms with Crippen molar-refractivity contribution < 1.29 is 9.59 Å². The molecular formula is C22H23NO2. The molecule has 0 bridgehead atoms. The van der Waals surface area contributed by atoms with Crippen LogP contribution in [0.5, 0.6) is 0 Å². The van der Waals surface area contributed by atoms with Gasteiger partial charge in [0, 0.05) is 0 Å². The number of carbonyl (C=O) groups excluding carboxylic acids is 2. The first-order valence-electron chi connectivity index (χ1n) is 9.07. The first-order valence-corrected chi connectivity index (χ1v) is 9.07. The van der Waals surface area contributed by atoms with Crippen LogP contribution in [0.2, 0.25) is 0 Å². The Morgan fingerprint density at radius 3 is 2.12 bits per heavy atom. The van der Waals surface area contributed by atoms with Crippen LogP contribution in [0.4, 0.5) is 5.69 Å². The van der Waals surface area contributed by atoms with E-state index in [1.54, 1.807) is 0 Å². The molecule has 1 saturated carbocycles. The highest BCUT2D eigenvalue weighted by atomic mass is 16.2. The van der Waals surface area contributed by atoms with Crippen molar-refractivity contribution in [3.8, 4) is 0 Å². The van der Waals surface area contributed by atoms with Gasteiger partial charge in [-0.3, -0.25) is 9.59 Å². The number of carbonyl (C=O) groups is 2. The summed E-state index contributed by atoms with van der Waals surface area (Å²) in [6.45, 7) is 3.94. The van der Waals surface area contributed by atoms with Gasteiger partial charge in [-0.2, -0.15) is 0 Å². The van der Waals surface area contributed by atoms with Crippen LogP contribution >= 0.6 is 0 Å². The van der Waals surface area contributed by atoms with Gasteiger partial charge >= 0.3 is 0 Å². The first kappa shape index (κ1) is 16.1. The number of imide groups is 1. The number of para-hydroxylation sites is 1. The normalized spacial score (nSPS) is 26.0. The molecule has 2 aliphatic rings. The van der Waals surface area contributed by atoms with E-state index in [1.165, 1.54) is 10.5 Å². The second-order valence-corrected chi connectivity index (χ2v) is 7.39. The minimum absolute atomic E-state index is 0.00101. The van der Waals surface area contributed by atoms with Gasteiger partial charge in [-0.25, -0.2) is 4.90 Å². The van der Waals surface area contributed by atoms with E-state index in [1.807, 2.05) is 50.2 Å². The Hall–Kier alpha value is -2.42. The van der Waals surface area contributed by atoms with Crippen molar-refractivity contribution in [1.82, 2.24) is 0 Å². The molecule has 3 nitrogen and oxygen atoms in total. The Balaban J connectivity index is 1.66. The highest BCUT2D eigenvalue weighted by Gasteiger charge is 2.51. The maximum atomic E-state index is 13.1. The Bertz CT molecular complexity index is 807. The van der Waals surface area contributed by atoms with E-state index >= 15 is 0 Å². The summed E-state index contributed by atoms with van der Waals surface area (Å²) in [6, 6.07) is 16.3. The van der Waals surface area contributed by atoms with Gasteiger partial charge in [0.1, 0.15) is 0 Å². The predicted octanol–water partition coefficient (Wildman–Crippen LogP) is 4.38. The van der Waals surface area contributed by atoms with Crippen LogP contribution in [0.25, 0.3) is 0 Å². The molecule has 1 aliphatic heterocycles. The van der Waals surface area contributed by atoms with Crippen molar-refractivity contribution in [3.63, 3.8) is 0 Å². The van der Waals surface area contributed by atoms with E-state index in [0.29, 0.717) is 5.92 Å². The van der Waals surface area contributed by atoms with E-state index in [9.17, 15) is 9.59 Å². The van der Waals surface area contributed by atoms with Crippen molar-refractivity contribution in [3.05, 3.63) is 65.2 Å². The number of nitrogens with zero attached hydrogens (tertiary/aromatic N) is 1. The number of hydrogen-bond donors (Lipinski definition) is 0. The molecule has 1 heterocycles. The highest BCUT2D eigenvalue weighted by Crippen LogP contribution is 2.46. The number of rotatable bonds is 2. The Morgan fingerprint density at radius 2 is 1.44 bits per heavy atom. The van der Waals surface area contributed by atoms with Gasteiger partial charge < -0.3 is 0 Å². The Labute approximate surface area is 148 Å². The van der Waals surface area contributed by atoms with Crippen LogP contribution in [0.1, 0.15) is 41.9 Å². The topological polar surface area (TPSA) is 37.4 Å². The van der Waals surface area contributed by atoms with Gasteiger partial charge in [-0.05, 0) is 55.7 Å². The molecule has 3 atom stereocenters. The molecule has 0 N–H and O–H groups in total. The number of amides is 2. The molecule has 2 amide bonds. The SMILES string of the molecule is Cc1cccc(C)c1N1C(=O)[C@H]2C[C@H](c3ccccc3)CC[C@H]2C1=O. The molecule has 128 valence electrons. The molecule has 0 aromatic heterocycles. The molecule has 2 aromatic carbocycles. The molecule has 1 aliphatic carbocycles. The quantitative estimate of drug-likeness (QED) is 0.765. The zero-order chi connectivity index (χ0) is 17.6. The minimum Gasteiger partial charge on any atom is -0.274 e. The Morgan fingerprint density at radius 1 is 0.800 bits per heavy atom. The second kappa shape index (κ2) is 6.14. The smallest absolute Gasteiger partial charge is 0.237 e.